The summed E-state index contributed by atoms with van der Waals surface area (Å²) in [7, 11) is 1.70. The highest BCUT2D eigenvalue weighted by Crippen LogP contribution is 2.28. The molecule has 80 valence electrons. The summed E-state index contributed by atoms with van der Waals surface area (Å²) in [5.74, 6) is -0.648. The summed E-state index contributed by atoms with van der Waals surface area (Å²) in [6.45, 7) is 0. The molecule has 1 fully saturated rings. The summed E-state index contributed by atoms with van der Waals surface area (Å²) in [6, 6.07) is 0. The molecule has 4 heteroatoms. The van der Waals surface area contributed by atoms with E-state index in [1.165, 1.54) is 0 Å². The molecule has 2 unspecified atom stereocenters. The first-order valence-electron chi connectivity index (χ1n) is 4.80. The Morgan fingerprint density at radius 2 is 2.29 bits per heavy atom. The van der Waals surface area contributed by atoms with Crippen LogP contribution in [0, 0.1) is 5.92 Å². The summed E-state index contributed by atoms with van der Waals surface area (Å²) in [6.07, 6.45) is 6.14. The zero-order chi connectivity index (χ0) is 10.6. The average molecular weight is 216 g/mol. The summed E-state index contributed by atoms with van der Waals surface area (Å²) in [5.41, 5.74) is 0. The molecule has 0 aliphatic heterocycles. The molecule has 1 aliphatic rings. The van der Waals surface area contributed by atoms with Gasteiger partial charge in [0, 0.05) is 7.11 Å². The second-order valence-electron chi connectivity index (χ2n) is 3.64. The van der Waals surface area contributed by atoms with Gasteiger partial charge in [0.2, 0.25) is 0 Å². The molecule has 0 heterocycles. The minimum atomic E-state index is -0.951. The van der Waals surface area contributed by atoms with Gasteiger partial charge in [-0.05, 0) is 25.2 Å². The number of allylic oxidation sites excluding steroid dienone is 1. The van der Waals surface area contributed by atoms with Gasteiger partial charge in [0.05, 0.1) is 11.0 Å². The van der Waals surface area contributed by atoms with Gasteiger partial charge in [0.1, 0.15) is 0 Å². The van der Waals surface area contributed by atoms with E-state index < -0.39 is 5.97 Å². The molecule has 3 nitrogen and oxygen atoms in total. The Morgan fingerprint density at radius 1 is 1.57 bits per heavy atom. The summed E-state index contributed by atoms with van der Waals surface area (Å²) in [4.78, 5) is 10.7. The number of ether oxygens (including phenoxy) is 1. The molecule has 14 heavy (non-hydrogen) atoms. The van der Waals surface area contributed by atoms with Gasteiger partial charge in [0.15, 0.2) is 0 Å². The van der Waals surface area contributed by atoms with Crippen LogP contribution in [0.4, 0.5) is 0 Å². The van der Waals surface area contributed by atoms with Crippen molar-refractivity contribution in [3.05, 3.63) is 11.0 Å². The van der Waals surface area contributed by atoms with Gasteiger partial charge in [0.25, 0.3) is 0 Å². The Bertz CT molecular complexity index is 238. The predicted molar refractivity (Wildman–Crippen MR) is 57.5 cm³/mol. The second-order valence-corrected chi connectivity index (χ2v) is 4.12. The second kappa shape index (κ2) is 5.41. The van der Waals surface area contributed by atoms with Crippen molar-refractivity contribution in [1.29, 1.82) is 0 Å². The highest BCUT2D eigenvalue weighted by Gasteiger charge is 2.20. The van der Waals surface area contributed by atoms with Crippen molar-refractivity contribution in [2.75, 3.05) is 7.11 Å². The SMILES string of the molecule is COC1CCCC(/C=C(\S)C(=O)O)C1. The highest BCUT2D eigenvalue weighted by atomic mass is 32.1. The lowest BCUT2D eigenvalue weighted by molar-refractivity contribution is -0.131. The minimum Gasteiger partial charge on any atom is -0.477 e. The van der Waals surface area contributed by atoms with Crippen LogP contribution in [-0.2, 0) is 9.53 Å². The van der Waals surface area contributed by atoms with Crippen LogP contribution in [0.5, 0.6) is 0 Å². The highest BCUT2D eigenvalue weighted by molar-refractivity contribution is 7.85. The maximum Gasteiger partial charge on any atom is 0.341 e. The molecule has 2 atom stereocenters. The Hall–Kier alpha value is -0.480. The lowest BCUT2D eigenvalue weighted by atomic mass is 9.87. The zero-order valence-electron chi connectivity index (χ0n) is 8.27. The molecule has 0 aromatic carbocycles. The fourth-order valence-electron chi connectivity index (χ4n) is 1.84. The number of hydrogen-bond donors (Lipinski definition) is 2. The van der Waals surface area contributed by atoms with Crippen LogP contribution < -0.4 is 0 Å². The van der Waals surface area contributed by atoms with Gasteiger partial charge in [-0.25, -0.2) is 4.79 Å². The zero-order valence-corrected chi connectivity index (χ0v) is 9.17. The third-order valence-electron chi connectivity index (χ3n) is 2.61. The average Bonchev–Trinajstić information content (AvgIpc) is 2.18. The third kappa shape index (κ3) is 3.35. The normalized spacial score (nSPS) is 28.9. The summed E-state index contributed by atoms with van der Waals surface area (Å²) >= 11 is 3.91. The van der Waals surface area contributed by atoms with E-state index in [2.05, 4.69) is 12.6 Å². The number of aliphatic carboxylic acids is 1. The van der Waals surface area contributed by atoms with Crippen LogP contribution in [0.3, 0.4) is 0 Å². The number of rotatable bonds is 3. The number of thiol groups is 1. The number of hydrogen-bond acceptors (Lipinski definition) is 3. The van der Waals surface area contributed by atoms with Gasteiger partial charge >= 0.3 is 5.97 Å². The van der Waals surface area contributed by atoms with E-state index in [-0.39, 0.29) is 11.0 Å². The van der Waals surface area contributed by atoms with Gasteiger partial charge in [-0.2, -0.15) is 0 Å². The van der Waals surface area contributed by atoms with Crippen molar-refractivity contribution in [3.63, 3.8) is 0 Å². The van der Waals surface area contributed by atoms with Gasteiger partial charge < -0.3 is 9.84 Å². The molecule has 0 saturated heterocycles. The molecule has 0 bridgehead atoms. The standard InChI is InChI=1S/C10H16O3S/c1-13-8-4-2-3-7(5-8)6-9(14)10(11)12/h6-8,14H,2-5H2,1H3,(H,11,12)/b9-6-. The van der Waals surface area contributed by atoms with Crippen LogP contribution in [0.25, 0.3) is 0 Å². The summed E-state index contributed by atoms with van der Waals surface area (Å²) in [5, 5.41) is 8.66. The van der Waals surface area contributed by atoms with Crippen LogP contribution in [0.1, 0.15) is 25.7 Å². The Kier molecular flexibility index (Phi) is 4.48. The maximum absolute atomic E-state index is 10.5. The molecule has 0 amide bonds. The van der Waals surface area contributed by atoms with E-state index in [0.717, 1.165) is 25.7 Å². The van der Waals surface area contributed by atoms with E-state index in [9.17, 15) is 4.79 Å². The van der Waals surface area contributed by atoms with E-state index in [4.69, 9.17) is 9.84 Å². The fraction of sp³-hybridized carbons (Fsp3) is 0.700. The largest absolute Gasteiger partial charge is 0.477 e. The Labute approximate surface area is 89.6 Å². The van der Waals surface area contributed by atoms with Crippen molar-refractivity contribution >= 4 is 18.6 Å². The van der Waals surface area contributed by atoms with Crippen LogP contribution in [0.15, 0.2) is 11.0 Å². The topological polar surface area (TPSA) is 46.5 Å². The van der Waals surface area contributed by atoms with E-state index in [0.29, 0.717) is 5.92 Å². The number of carboxylic acid groups (broad SMARTS) is 1. The molecule has 0 radical (unpaired) electrons. The van der Waals surface area contributed by atoms with Gasteiger partial charge in [-0.3, -0.25) is 0 Å². The van der Waals surface area contributed by atoms with Crippen molar-refractivity contribution in [3.8, 4) is 0 Å². The van der Waals surface area contributed by atoms with Crippen LogP contribution in [-0.4, -0.2) is 24.3 Å². The fourth-order valence-corrected chi connectivity index (χ4v) is 2.05. The first-order valence-corrected chi connectivity index (χ1v) is 5.25. The number of carboxylic acids is 1. The number of methoxy groups -OCH3 is 1. The first kappa shape index (κ1) is 11.6. The van der Waals surface area contributed by atoms with E-state index >= 15 is 0 Å². The first-order chi connectivity index (χ1) is 6.63. The predicted octanol–water partition coefficient (Wildman–Crippen LogP) is 2.09. The smallest absolute Gasteiger partial charge is 0.341 e. The molecular weight excluding hydrogens is 200 g/mol. The molecule has 0 aromatic heterocycles. The lowest BCUT2D eigenvalue weighted by Gasteiger charge is -2.26. The number of carbonyl (C=O) groups is 1. The molecule has 1 saturated carbocycles. The Balaban J connectivity index is 2.52. The van der Waals surface area contributed by atoms with E-state index in [1.54, 1.807) is 13.2 Å². The van der Waals surface area contributed by atoms with Crippen molar-refractivity contribution < 1.29 is 14.6 Å². The minimum absolute atomic E-state index is 0.145. The molecule has 1 N–H and O–H groups in total. The quantitative estimate of drug-likeness (QED) is 0.561. The molecule has 0 aromatic rings. The van der Waals surface area contributed by atoms with Crippen LogP contribution >= 0.6 is 12.6 Å². The molecular formula is C10H16O3S. The maximum atomic E-state index is 10.5. The monoisotopic (exact) mass is 216 g/mol. The molecule has 1 aliphatic carbocycles. The van der Waals surface area contributed by atoms with E-state index in [1.807, 2.05) is 0 Å². The molecule has 0 spiro atoms. The lowest BCUT2D eigenvalue weighted by Crippen LogP contribution is -2.20. The summed E-state index contributed by atoms with van der Waals surface area (Å²) < 4.78 is 5.26. The van der Waals surface area contributed by atoms with Crippen LogP contribution in [0.2, 0.25) is 0 Å². The van der Waals surface area contributed by atoms with Crippen molar-refractivity contribution in [2.45, 2.75) is 31.8 Å². The van der Waals surface area contributed by atoms with Gasteiger partial charge in [-0.15, -0.1) is 12.6 Å². The van der Waals surface area contributed by atoms with Crippen molar-refractivity contribution in [1.82, 2.24) is 0 Å². The molecule has 1 rings (SSSR count). The Morgan fingerprint density at radius 3 is 2.86 bits per heavy atom. The van der Waals surface area contributed by atoms with Gasteiger partial charge in [-0.1, -0.05) is 12.5 Å². The third-order valence-corrected chi connectivity index (χ3v) is 2.95. The van der Waals surface area contributed by atoms with Crippen molar-refractivity contribution in [2.24, 2.45) is 5.92 Å².